The number of rotatable bonds is 8. The third-order valence-electron chi connectivity index (χ3n) is 4.54. The van der Waals surface area contributed by atoms with Crippen molar-refractivity contribution >= 4 is 5.91 Å². The summed E-state index contributed by atoms with van der Waals surface area (Å²) in [5, 5.41) is 3.21. The molecule has 112 valence electrons. The molecule has 3 N–H and O–H groups in total. The average molecular weight is 268 g/mol. The first-order valence-corrected chi connectivity index (χ1v) is 8.02. The first kappa shape index (κ1) is 16.5. The lowest BCUT2D eigenvalue weighted by Crippen LogP contribution is -2.42. The van der Waals surface area contributed by atoms with Crippen LogP contribution >= 0.6 is 0 Å². The highest BCUT2D eigenvalue weighted by Gasteiger charge is 2.41. The maximum atomic E-state index is 12.6. The SMILES string of the molecule is CCC(CCN)CNC(=O)C1(CC(C)C)CCCC1. The first-order chi connectivity index (χ1) is 9.04. The van der Waals surface area contributed by atoms with E-state index in [-0.39, 0.29) is 5.41 Å². The molecule has 1 atom stereocenters. The summed E-state index contributed by atoms with van der Waals surface area (Å²) in [5.41, 5.74) is 5.54. The van der Waals surface area contributed by atoms with Gasteiger partial charge in [0.25, 0.3) is 0 Å². The summed E-state index contributed by atoms with van der Waals surface area (Å²) in [6, 6.07) is 0. The Morgan fingerprint density at radius 1 is 1.32 bits per heavy atom. The summed E-state index contributed by atoms with van der Waals surface area (Å²) in [7, 11) is 0. The zero-order valence-corrected chi connectivity index (χ0v) is 13.0. The van der Waals surface area contributed by atoms with Gasteiger partial charge in [-0.3, -0.25) is 4.79 Å². The molecule has 3 heteroatoms. The van der Waals surface area contributed by atoms with Crippen LogP contribution in [0.2, 0.25) is 0 Å². The smallest absolute Gasteiger partial charge is 0.226 e. The van der Waals surface area contributed by atoms with E-state index in [0.717, 1.165) is 38.6 Å². The number of hydrogen-bond acceptors (Lipinski definition) is 2. The van der Waals surface area contributed by atoms with E-state index in [1.54, 1.807) is 0 Å². The van der Waals surface area contributed by atoms with E-state index in [9.17, 15) is 4.79 Å². The van der Waals surface area contributed by atoms with Crippen LogP contribution < -0.4 is 11.1 Å². The summed E-state index contributed by atoms with van der Waals surface area (Å²) >= 11 is 0. The van der Waals surface area contributed by atoms with Crippen molar-refractivity contribution in [2.75, 3.05) is 13.1 Å². The van der Waals surface area contributed by atoms with Crippen LogP contribution in [0.3, 0.4) is 0 Å². The van der Waals surface area contributed by atoms with Crippen molar-refractivity contribution in [2.45, 2.75) is 65.7 Å². The Labute approximate surface area is 118 Å². The fourth-order valence-electron chi connectivity index (χ4n) is 3.47. The lowest BCUT2D eigenvalue weighted by molar-refractivity contribution is -0.132. The highest BCUT2D eigenvalue weighted by Crippen LogP contribution is 2.43. The second-order valence-electron chi connectivity index (χ2n) is 6.65. The molecule has 3 nitrogen and oxygen atoms in total. The van der Waals surface area contributed by atoms with Gasteiger partial charge in [0.15, 0.2) is 0 Å². The molecule has 0 aromatic heterocycles. The highest BCUT2D eigenvalue weighted by molar-refractivity contribution is 5.82. The van der Waals surface area contributed by atoms with Crippen LogP contribution in [0.15, 0.2) is 0 Å². The third kappa shape index (κ3) is 4.79. The lowest BCUT2D eigenvalue weighted by atomic mass is 9.77. The van der Waals surface area contributed by atoms with E-state index in [1.165, 1.54) is 12.8 Å². The number of amides is 1. The first-order valence-electron chi connectivity index (χ1n) is 8.02. The number of carbonyl (C=O) groups is 1. The molecular weight excluding hydrogens is 236 g/mol. The highest BCUT2D eigenvalue weighted by atomic mass is 16.2. The lowest BCUT2D eigenvalue weighted by Gasteiger charge is -2.30. The summed E-state index contributed by atoms with van der Waals surface area (Å²) in [4.78, 5) is 12.6. The minimum absolute atomic E-state index is 0.0742. The zero-order valence-electron chi connectivity index (χ0n) is 13.0. The third-order valence-corrected chi connectivity index (χ3v) is 4.54. The standard InChI is InChI=1S/C16H32N2O/c1-4-14(7-10-17)12-18-15(19)16(11-13(2)3)8-5-6-9-16/h13-14H,4-12,17H2,1-3H3,(H,18,19). The van der Waals surface area contributed by atoms with Crippen LogP contribution in [-0.2, 0) is 4.79 Å². The Morgan fingerprint density at radius 2 is 1.95 bits per heavy atom. The zero-order chi connectivity index (χ0) is 14.3. The quantitative estimate of drug-likeness (QED) is 0.711. The van der Waals surface area contributed by atoms with E-state index >= 15 is 0 Å². The number of nitrogens with two attached hydrogens (primary N) is 1. The van der Waals surface area contributed by atoms with Crippen molar-refractivity contribution in [3.8, 4) is 0 Å². The van der Waals surface area contributed by atoms with Gasteiger partial charge in [-0.05, 0) is 44.1 Å². The van der Waals surface area contributed by atoms with Crippen molar-refractivity contribution < 1.29 is 4.79 Å². The van der Waals surface area contributed by atoms with Gasteiger partial charge in [0.1, 0.15) is 0 Å². The molecule has 1 amide bonds. The molecule has 0 aromatic rings. The van der Waals surface area contributed by atoms with Crippen molar-refractivity contribution in [1.82, 2.24) is 5.32 Å². The van der Waals surface area contributed by atoms with E-state index in [0.29, 0.717) is 24.3 Å². The van der Waals surface area contributed by atoms with Crippen LogP contribution in [0.5, 0.6) is 0 Å². The molecular formula is C16H32N2O. The van der Waals surface area contributed by atoms with Crippen LogP contribution in [0, 0.1) is 17.3 Å². The Kier molecular flexibility index (Phi) is 6.84. The predicted molar refractivity (Wildman–Crippen MR) is 80.8 cm³/mol. The molecule has 19 heavy (non-hydrogen) atoms. The van der Waals surface area contributed by atoms with Gasteiger partial charge < -0.3 is 11.1 Å². The normalized spacial score (nSPS) is 19.6. The number of hydrogen-bond donors (Lipinski definition) is 2. The molecule has 1 unspecified atom stereocenters. The van der Waals surface area contributed by atoms with Gasteiger partial charge in [0.05, 0.1) is 0 Å². The molecule has 1 aliphatic rings. The molecule has 0 radical (unpaired) electrons. The fourth-order valence-corrected chi connectivity index (χ4v) is 3.47. The fraction of sp³-hybridized carbons (Fsp3) is 0.938. The maximum absolute atomic E-state index is 12.6. The Balaban J connectivity index is 2.53. The topological polar surface area (TPSA) is 55.1 Å². The average Bonchev–Trinajstić information content (AvgIpc) is 2.82. The minimum Gasteiger partial charge on any atom is -0.355 e. The van der Waals surface area contributed by atoms with Gasteiger partial charge in [-0.25, -0.2) is 0 Å². The maximum Gasteiger partial charge on any atom is 0.226 e. The summed E-state index contributed by atoms with van der Waals surface area (Å²) in [5.74, 6) is 1.43. The van der Waals surface area contributed by atoms with Crippen molar-refractivity contribution in [3.05, 3.63) is 0 Å². The van der Waals surface area contributed by atoms with Gasteiger partial charge in [-0.15, -0.1) is 0 Å². The van der Waals surface area contributed by atoms with Crippen LogP contribution in [0.1, 0.15) is 65.7 Å². The van der Waals surface area contributed by atoms with Gasteiger partial charge in [-0.2, -0.15) is 0 Å². The molecule has 0 bridgehead atoms. The number of carbonyl (C=O) groups excluding carboxylic acids is 1. The summed E-state index contributed by atoms with van der Waals surface area (Å²) < 4.78 is 0. The molecule has 1 rings (SSSR count). The van der Waals surface area contributed by atoms with E-state index in [2.05, 4.69) is 26.1 Å². The van der Waals surface area contributed by atoms with E-state index in [1.807, 2.05) is 0 Å². The molecule has 1 aliphatic carbocycles. The second kappa shape index (κ2) is 7.88. The molecule has 1 saturated carbocycles. The van der Waals surface area contributed by atoms with Gasteiger partial charge in [-0.1, -0.05) is 40.0 Å². The Hall–Kier alpha value is -0.570. The molecule has 0 heterocycles. The number of nitrogens with one attached hydrogen (secondary N) is 1. The molecule has 1 fully saturated rings. The summed E-state index contributed by atoms with van der Waals surface area (Å²) in [6.07, 6.45) is 7.70. The summed E-state index contributed by atoms with van der Waals surface area (Å²) in [6.45, 7) is 8.12. The van der Waals surface area contributed by atoms with Crippen molar-refractivity contribution in [3.63, 3.8) is 0 Å². The molecule has 0 aromatic carbocycles. The Bertz CT molecular complexity index is 270. The monoisotopic (exact) mass is 268 g/mol. The molecule has 0 spiro atoms. The van der Waals surface area contributed by atoms with Gasteiger partial charge >= 0.3 is 0 Å². The largest absolute Gasteiger partial charge is 0.355 e. The minimum atomic E-state index is -0.0742. The van der Waals surface area contributed by atoms with Gasteiger partial charge in [0, 0.05) is 12.0 Å². The van der Waals surface area contributed by atoms with Crippen LogP contribution in [0.4, 0.5) is 0 Å². The second-order valence-corrected chi connectivity index (χ2v) is 6.65. The van der Waals surface area contributed by atoms with Gasteiger partial charge in [0.2, 0.25) is 5.91 Å². The van der Waals surface area contributed by atoms with E-state index < -0.39 is 0 Å². The van der Waals surface area contributed by atoms with Crippen molar-refractivity contribution in [2.24, 2.45) is 23.0 Å². The predicted octanol–water partition coefficient (Wildman–Crippen LogP) is 3.08. The molecule has 0 saturated heterocycles. The van der Waals surface area contributed by atoms with E-state index in [4.69, 9.17) is 5.73 Å². The van der Waals surface area contributed by atoms with Crippen molar-refractivity contribution in [1.29, 1.82) is 0 Å². The molecule has 0 aliphatic heterocycles. The van der Waals surface area contributed by atoms with Crippen LogP contribution in [-0.4, -0.2) is 19.0 Å². The Morgan fingerprint density at radius 3 is 2.42 bits per heavy atom. The van der Waals surface area contributed by atoms with Crippen LogP contribution in [0.25, 0.3) is 0 Å².